The number of halogens is 2. The van der Waals surface area contributed by atoms with Crippen LogP contribution in [-0.2, 0) is 16.6 Å². The molecule has 9 rings (SSSR count). The molecule has 2 spiro atoms. The third-order valence-corrected chi connectivity index (χ3v) is 13.4. The molecular weight excluding hydrogens is 861 g/mol. The number of aromatic nitrogens is 4. The molecule has 3 aliphatic heterocycles. The third-order valence-electron chi connectivity index (χ3n) is 13.2. The largest absolute Gasteiger partial charge is 0.453 e. The van der Waals surface area contributed by atoms with Crippen molar-refractivity contribution in [1.82, 2.24) is 33.9 Å². The maximum Gasteiger partial charge on any atom is 0.329 e. The van der Waals surface area contributed by atoms with Gasteiger partial charge in [-0.2, -0.15) is 10.4 Å². The number of anilines is 3. The van der Waals surface area contributed by atoms with Crippen LogP contribution in [0.5, 0.6) is 11.5 Å². The van der Waals surface area contributed by atoms with E-state index in [1.54, 1.807) is 52.2 Å². The number of imide groups is 1. The Hall–Kier alpha value is -5.85. The highest BCUT2D eigenvalue weighted by Crippen LogP contribution is 2.53. The summed E-state index contributed by atoms with van der Waals surface area (Å²) in [6, 6.07) is 11.9. The van der Waals surface area contributed by atoms with E-state index in [1.807, 2.05) is 13.0 Å². The molecule has 1 aliphatic carbocycles. The second-order valence-electron chi connectivity index (χ2n) is 17.6. The van der Waals surface area contributed by atoms with E-state index in [-0.39, 0.29) is 57.8 Å². The van der Waals surface area contributed by atoms with Crippen LogP contribution in [0.25, 0.3) is 21.8 Å². The van der Waals surface area contributed by atoms with Crippen LogP contribution in [0.4, 0.5) is 30.8 Å². The van der Waals surface area contributed by atoms with E-state index in [4.69, 9.17) is 20.3 Å². The number of nitrogens with two attached hydrogens (primary N) is 1. The number of hydrogen-bond acceptors (Lipinski definition) is 14. The number of nitrogens with zero attached hydrogens (tertiary/aromatic N) is 9. The summed E-state index contributed by atoms with van der Waals surface area (Å²) in [7, 11) is 3.55. The molecule has 20 heteroatoms. The summed E-state index contributed by atoms with van der Waals surface area (Å²) >= 11 is 3.85. The number of carbonyl (C=O) groups is 2. The Labute approximate surface area is 379 Å². The molecule has 17 nitrogen and oxygen atoms in total. The number of fused-ring (bicyclic) bond motifs is 2. The summed E-state index contributed by atoms with van der Waals surface area (Å²) in [5, 5.41) is 25.2. The van der Waals surface area contributed by atoms with Gasteiger partial charge in [0.1, 0.15) is 23.2 Å². The molecule has 4 aliphatic rings. The number of aryl methyl sites for hydroxylation is 1. The molecule has 1 unspecified atom stereocenters. The van der Waals surface area contributed by atoms with Crippen molar-refractivity contribution < 1.29 is 33.0 Å². The summed E-state index contributed by atoms with van der Waals surface area (Å²) in [4.78, 5) is 47.9. The van der Waals surface area contributed by atoms with Crippen LogP contribution in [0, 0.1) is 28.4 Å². The van der Waals surface area contributed by atoms with Crippen molar-refractivity contribution >= 4 is 64.3 Å². The normalized spacial score (nSPS) is 18.9. The SMILES string of the molecule is CCCN(C(=O)NC=O)c1nn(C)c2cc(N3CC4(CC(N5CCC6(CC5)CC(n5cnc7ccc(Oc8c(F)ccc(N)c8C#N)cc7c5=O)CO6)C4)C3)c(F)cc12.CN(S)CCO. The van der Waals surface area contributed by atoms with Gasteiger partial charge in [-0.3, -0.25) is 33.4 Å². The predicted molar refractivity (Wildman–Crippen MR) is 244 cm³/mol. The number of piperidine rings is 1. The number of amides is 3. The Bertz CT molecular complexity index is 2700. The Morgan fingerprint density at radius 3 is 2.52 bits per heavy atom. The predicted octanol–water partition coefficient (Wildman–Crippen LogP) is 5.11. The highest BCUT2D eigenvalue weighted by molar-refractivity contribution is 7.77. The second kappa shape index (κ2) is 18.6. The number of ether oxygens (including phenoxy) is 2. The van der Waals surface area contributed by atoms with Gasteiger partial charge in [-0.05, 0) is 88.0 Å². The molecule has 5 aromatic rings. The Morgan fingerprint density at radius 1 is 1.11 bits per heavy atom. The fourth-order valence-electron chi connectivity index (χ4n) is 9.87. The average molecular weight is 914 g/mol. The first kappa shape index (κ1) is 45.7. The molecule has 4 N–H and O–H groups in total. The molecule has 4 fully saturated rings. The summed E-state index contributed by atoms with van der Waals surface area (Å²) < 4.78 is 47.4. The van der Waals surface area contributed by atoms with Gasteiger partial charge in [0.25, 0.3) is 5.56 Å². The quantitative estimate of drug-likeness (QED) is 0.0775. The van der Waals surface area contributed by atoms with E-state index < -0.39 is 11.8 Å². The molecule has 5 heterocycles. The number of likely N-dealkylation sites (N-methyl/N-ethyl adjacent to an activating group) is 1. The second-order valence-corrected chi connectivity index (χ2v) is 18.3. The lowest BCUT2D eigenvalue weighted by atomic mass is 9.59. The number of thiol groups is 1. The average Bonchev–Trinajstić information content (AvgIpc) is 3.80. The number of aliphatic hydroxyl groups excluding tert-OH is 1. The first-order valence-electron chi connectivity index (χ1n) is 21.7. The van der Waals surface area contributed by atoms with Gasteiger partial charge in [0, 0.05) is 63.2 Å². The van der Waals surface area contributed by atoms with Gasteiger partial charge >= 0.3 is 6.03 Å². The molecule has 65 heavy (non-hydrogen) atoms. The van der Waals surface area contributed by atoms with Gasteiger partial charge in [0.2, 0.25) is 6.41 Å². The number of nitriles is 1. The zero-order valence-electron chi connectivity index (χ0n) is 36.5. The van der Waals surface area contributed by atoms with E-state index in [1.165, 1.54) is 23.1 Å². The van der Waals surface area contributed by atoms with E-state index in [9.17, 15) is 24.0 Å². The third kappa shape index (κ3) is 8.95. The maximum atomic E-state index is 15.7. The monoisotopic (exact) mass is 913 g/mol. The van der Waals surface area contributed by atoms with Crippen LogP contribution in [0.1, 0.15) is 57.1 Å². The van der Waals surface area contributed by atoms with Crippen LogP contribution >= 0.6 is 12.8 Å². The molecule has 1 atom stereocenters. The van der Waals surface area contributed by atoms with E-state index in [2.05, 4.69) is 38.0 Å². The van der Waals surface area contributed by atoms with Gasteiger partial charge in [0.05, 0.1) is 59.0 Å². The van der Waals surface area contributed by atoms with E-state index in [0.29, 0.717) is 78.3 Å². The summed E-state index contributed by atoms with van der Waals surface area (Å²) in [6.07, 6.45) is 7.00. The van der Waals surface area contributed by atoms with Gasteiger partial charge in [-0.15, -0.1) is 0 Å². The number of nitrogen functional groups attached to an aromatic ring is 1. The number of rotatable bonds is 11. The van der Waals surface area contributed by atoms with Gasteiger partial charge in [-0.1, -0.05) is 19.7 Å². The van der Waals surface area contributed by atoms with Crippen molar-refractivity contribution in [2.45, 2.75) is 63.1 Å². The molecule has 3 aromatic carbocycles. The molecular formula is C45H53F2N11O6S. The van der Waals surface area contributed by atoms with Gasteiger partial charge in [-0.25, -0.2) is 18.6 Å². The first-order chi connectivity index (χ1) is 31.2. The molecule has 3 saturated heterocycles. The minimum absolute atomic E-state index is 0.0876. The van der Waals surface area contributed by atoms with Gasteiger partial charge < -0.3 is 30.1 Å². The van der Waals surface area contributed by atoms with Crippen LogP contribution < -0.4 is 31.1 Å². The molecule has 2 aromatic heterocycles. The van der Waals surface area contributed by atoms with Crippen molar-refractivity contribution in [1.29, 1.82) is 5.26 Å². The minimum atomic E-state index is -0.740. The summed E-state index contributed by atoms with van der Waals surface area (Å²) in [5.74, 6) is -0.919. The molecule has 0 radical (unpaired) electrons. The number of likely N-dealkylation sites (tertiary alicyclic amines) is 1. The maximum absolute atomic E-state index is 15.7. The minimum Gasteiger partial charge on any atom is -0.453 e. The molecule has 1 saturated carbocycles. The van der Waals surface area contributed by atoms with E-state index in [0.717, 1.165) is 57.9 Å². The lowest BCUT2D eigenvalue weighted by molar-refractivity contribution is -0.108. The lowest BCUT2D eigenvalue weighted by Gasteiger charge is -2.62. The van der Waals surface area contributed by atoms with E-state index >= 15 is 4.39 Å². The van der Waals surface area contributed by atoms with Crippen LogP contribution in [-0.4, -0.2) is 117 Å². The number of nitrogens with one attached hydrogen (secondary N) is 1. The number of aliphatic hydroxyl groups is 1. The van der Waals surface area contributed by atoms with Crippen LogP contribution in [0.15, 0.2) is 53.6 Å². The topological polar surface area (TPSA) is 200 Å². The fourth-order valence-corrected chi connectivity index (χ4v) is 9.96. The molecule has 3 amide bonds. The molecule has 0 bridgehead atoms. The number of benzene rings is 3. The Morgan fingerprint density at radius 2 is 1.86 bits per heavy atom. The van der Waals surface area contributed by atoms with Crippen molar-refractivity contribution in [3.63, 3.8) is 0 Å². The Balaban J connectivity index is 0.000000900. The highest BCUT2D eigenvalue weighted by Gasteiger charge is 2.55. The van der Waals surface area contributed by atoms with Crippen molar-refractivity contribution in [2.24, 2.45) is 12.5 Å². The number of carbonyl (C=O) groups excluding carboxylic acids is 2. The highest BCUT2D eigenvalue weighted by atomic mass is 32.1. The first-order valence-corrected chi connectivity index (χ1v) is 22.1. The van der Waals surface area contributed by atoms with Crippen molar-refractivity contribution in [2.75, 3.05) is 75.1 Å². The Kier molecular flexibility index (Phi) is 13.1. The van der Waals surface area contributed by atoms with Crippen molar-refractivity contribution in [3.8, 4) is 17.6 Å². The fraction of sp³-hybridized carbons (Fsp3) is 0.467. The van der Waals surface area contributed by atoms with Crippen LogP contribution in [0.3, 0.4) is 0 Å². The zero-order chi connectivity index (χ0) is 46.2. The van der Waals surface area contributed by atoms with Crippen molar-refractivity contribution in [3.05, 3.63) is 76.3 Å². The summed E-state index contributed by atoms with van der Waals surface area (Å²) in [5.41, 5.74) is 7.07. The number of hydrogen-bond donors (Lipinski definition) is 4. The van der Waals surface area contributed by atoms with Gasteiger partial charge in [0.15, 0.2) is 17.4 Å². The lowest BCUT2D eigenvalue weighted by Crippen LogP contribution is -2.67. The zero-order valence-corrected chi connectivity index (χ0v) is 37.4. The molecule has 344 valence electrons. The number of urea groups is 1. The summed E-state index contributed by atoms with van der Waals surface area (Å²) in [6.45, 7) is 6.75. The smallest absolute Gasteiger partial charge is 0.329 e. The standard InChI is InChI=1S/C42H44F2N10O5.C3H9NOS/c1-3-10-53(40(57)48-24-55)38-29-14-32(44)36(15-35(29)50(2)49-38)52-21-41(22-52)16-25(17-41)51-11-8-42(9-12-51)18-26(20-58-42)54-23-47-34-7-4-27(13-28(34)39(54)56)59-37-30(19-45)33(46)6-5-31(37)43;1-4(6)2-3-5/h4-7,13-15,23-26H,3,8-12,16-18,20-22,46H2,1-2H3,(H,48,55,57);5-6H,2-3H2,1H3. The van der Waals surface area contributed by atoms with Crippen LogP contribution in [0.2, 0.25) is 0 Å².